The van der Waals surface area contributed by atoms with Gasteiger partial charge in [0.1, 0.15) is 7.11 Å². The summed E-state index contributed by atoms with van der Waals surface area (Å²) in [6.45, 7) is 4.11. The van der Waals surface area contributed by atoms with Gasteiger partial charge in [0.25, 0.3) is 5.91 Å². The minimum Gasteiger partial charge on any atom is -0.399 e. The molecule has 6 nitrogen and oxygen atoms in total. The van der Waals surface area contributed by atoms with E-state index >= 15 is 0 Å². The number of amides is 1. The van der Waals surface area contributed by atoms with Crippen molar-refractivity contribution < 1.29 is 9.63 Å². The number of pyridine rings is 1. The Morgan fingerprint density at radius 1 is 1.20 bits per heavy atom. The molecule has 1 fully saturated rings. The number of nitrogens with zero attached hydrogens (tertiary/aromatic N) is 4. The molecule has 6 heteroatoms. The molecule has 1 aliphatic heterocycles. The highest BCUT2D eigenvalue weighted by molar-refractivity contribution is 5.95. The second kappa shape index (κ2) is 8.39. The van der Waals surface area contributed by atoms with Gasteiger partial charge in [0.15, 0.2) is 0 Å². The normalized spacial score (nSPS) is 15.5. The van der Waals surface area contributed by atoms with Gasteiger partial charge in [-0.2, -0.15) is 0 Å². The quantitative estimate of drug-likeness (QED) is 0.618. The van der Waals surface area contributed by atoms with Crippen molar-refractivity contribution in [3.8, 4) is 0 Å². The summed E-state index contributed by atoms with van der Waals surface area (Å²) >= 11 is 0. The molecule has 1 aromatic carbocycles. The minimum absolute atomic E-state index is 0.0799. The van der Waals surface area contributed by atoms with Crippen molar-refractivity contribution in [3.63, 3.8) is 0 Å². The number of hydrogen-bond acceptors (Lipinski definition) is 5. The van der Waals surface area contributed by atoms with Gasteiger partial charge in [-0.05, 0) is 29.3 Å². The zero-order valence-electron chi connectivity index (χ0n) is 14.3. The van der Waals surface area contributed by atoms with Crippen molar-refractivity contribution in [2.75, 3.05) is 33.3 Å². The average Bonchev–Trinajstić information content (AvgIpc) is 2.68. The first-order valence-corrected chi connectivity index (χ1v) is 8.33. The lowest BCUT2D eigenvalue weighted by molar-refractivity contribution is 0.0628. The number of hydrogen-bond donors (Lipinski definition) is 0. The highest BCUT2D eigenvalue weighted by Crippen LogP contribution is 2.12. The fourth-order valence-electron chi connectivity index (χ4n) is 2.87. The second-order valence-corrected chi connectivity index (χ2v) is 5.97. The van der Waals surface area contributed by atoms with Gasteiger partial charge in [-0.15, -0.1) is 0 Å². The smallest absolute Gasteiger partial charge is 0.253 e. The van der Waals surface area contributed by atoms with Crippen LogP contribution in [0, 0.1) is 0 Å². The van der Waals surface area contributed by atoms with Crippen LogP contribution in [0.2, 0.25) is 0 Å². The molecule has 130 valence electrons. The predicted molar refractivity (Wildman–Crippen MR) is 96.5 cm³/mol. The van der Waals surface area contributed by atoms with Gasteiger partial charge in [-0.1, -0.05) is 23.4 Å². The monoisotopic (exact) mass is 338 g/mol. The third-order valence-corrected chi connectivity index (χ3v) is 4.25. The van der Waals surface area contributed by atoms with Crippen LogP contribution in [0.3, 0.4) is 0 Å². The fourth-order valence-corrected chi connectivity index (χ4v) is 2.87. The molecule has 2 aromatic rings. The first kappa shape index (κ1) is 17.1. The molecular weight excluding hydrogens is 316 g/mol. The maximum atomic E-state index is 12.6. The van der Waals surface area contributed by atoms with E-state index in [0.717, 1.165) is 38.3 Å². The molecule has 1 aliphatic rings. The van der Waals surface area contributed by atoms with Gasteiger partial charge >= 0.3 is 0 Å². The van der Waals surface area contributed by atoms with E-state index in [-0.39, 0.29) is 5.91 Å². The van der Waals surface area contributed by atoms with Gasteiger partial charge in [-0.25, -0.2) is 0 Å². The van der Waals surface area contributed by atoms with Crippen LogP contribution < -0.4 is 0 Å². The highest BCUT2D eigenvalue weighted by atomic mass is 16.6. The third-order valence-electron chi connectivity index (χ3n) is 4.25. The number of rotatable bonds is 5. The number of piperazine rings is 1. The van der Waals surface area contributed by atoms with Gasteiger partial charge in [0.05, 0.1) is 6.21 Å². The first-order chi connectivity index (χ1) is 12.3. The summed E-state index contributed by atoms with van der Waals surface area (Å²) in [5.74, 6) is 0.0799. The van der Waals surface area contributed by atoms with Crippen molar-refractivity contribution in [2.45, 2.75) is 6.54 Å². The standard InChI is InChI=1S/C19H22N4O2/c1-25-21-14-16-4-6-18(7-5-16)19(24)23-11-9-22(10-12-23)15-17-3-2-8-20-13-17/h2-8,13-14H,9-12,15H2,1H3/b21-14+. The second-order valence-electron chi connectivity index (χ2n) is 5.97. The molecule has 0 aliphatic carbocycles. The molecule has 0 N–H and O–H groups in total. The molecule has 0 unspecified atom stereocenters. The summed E-state index contributed by atoms with van der Waals surface area (Å²) in [4.78, 5) is 25.7. The summed E-state index contributed by atoms with van der Waals surface area (Å²) in [5, 5.41) is 3.72. The van der Waals surface area contributed by atoms with Crippen LogP contribution in [0.25, 0.3) is 0 Å². The summed E-state index contributed by atoms with van der Waals surface area (Å²) < 4.78 is 0. The van der Waals surface area contributed by atoms with E-state index < -0.39 is 0 Å². The molecule has 0 radical (unpaired) electrons. The molecule has 0 saturated carbocycles. The van der Waals surface area contributed by atoms with E-state index in [1.165, 1.54) is 12.7 Å². The van der Waals surface area contributed by atoms with E-state index in [9.17, 15) is 4.79 Å². The Hall–Kier alpha value is -2.73. The van der Waals surface area contributed by atoms with E-state index in [2.05, 4.69) is 25.9 Å². The molecule has 0 spiro atoms. The molecule has 0 bridgehead atoms. The largest absolute Gasteiger partial charge is 0.399 e. The summed E-state index contributed by atoms with van der Waals surface area (Å²) in [6, 6.07) is 11.4. The lowest BCUT2D eigenvalue weighted by atomic mass is 10.1. The Kier molecular flexibility index (Phi) is 5.74. The van der Waals surface area contributed by atoms with Crippen LogP contribution in [0.4, 0.5) is 0 Å². The minimum atomic E-state index is 0.0799. The van der Waals surface area contributed by atoms with Crippen molar-refractivity contribution >= 4 is 12.1 Å². The Labute approximate surface area is 147 Å². The molecule has 25 heavy (non-hydrogen) atoms. The van der Waals surface area contributed by atoms with Crippen molar-refractivity contribution in [3.05, 3.63) is 65.5 Å². The number of aromatic nitrogens is 1. The van der Waals surface area contributed by atoms with Crippen LogP contribution >= 0.6 is 0 Å². The van der Waals surface area contributed by atoms with Crippen LogP contribution in [0.5, 0.6) is 0 Å². The number of carbonyl (C=O) groups is 1. The number of benzene rings is 1. The van der Waals surface area contributed by atoms with Gasteiger partial charge in [-0.3, -0.25) is 14.7 Å². The maximum Gasteiger partial charge on any atom is 0.253 e. The van der Waals surface area contributed by atoms with E-state index in [4.69, 9.17) is 0 Å². The molecule has 1 amide bonds. The maximum absolute atomic E-state index is 12.6. The Morgan fingerprint density at radius 2 is 1.96 bits per heavy atom. The highest BCUT2D eigenvalue weighted by Gasteiger charge is 2.22. The molecule has 2 heterocycles. The van der Waals surface area contributed by atoms with Crippen molar-refractivity contribution in [1.82, 2.24) is 14.8 Å². The number of oxime groups is 1. The Bertz CT molecular complexity index is 708. The van der Waals surface area contributed by atoms with Crippen LogP contribution in [0.1, 0.15) is 21.5 Å². The number of carbonyl (C=O) groups excluding carboxylic acids is 1. The van der Waals surface area contributed by atoms with E-state index in [1.54, 1.807) is 12.4 Å². The topological polar surface area (TPSA) is 58.0 Å². The van der Waals surface area contributed by atoms with E-state index in [0.29, 0.717) is 5.56 Å². The Balaban J connectivity index is 1.53. The summed E-state index contributed by atoms with van der Waals surface area (Å²) in [5.41, 5.74) is 2.81. The fraction of sp³-hybridized carbons (Fsp3) is 0.316. The predicted octanol–water partition coefficient (Wildman–Crippen LogP) is 2.02. The molecule has 0 atom stereocenters. The van der Waals surface area contributed by atoms with Gasteiger partial charge in [0, 0.05) is 50.7 Å². The zero-order chi connectivity index (χ0) is 17.5. The summed E-state index contributed by atoms with van der Waals surface area (Å²) in [6.07, 6.45) is 5.30. The first-order valence-electron chi connectivity index (χ1n) is 8.33. The molecule has 1 aromatic heterocycles. The molecular formula is C19H22N4O2. The zero-order valence-corrected chi connectivity index (χ0v) is 14.3. The summed E-state index contributed by atoms with van der Waals surface area (Å²) in [7, 11) is 1.50. The molecule has 1 saturated heterocycles. The van der Waals surface area contributed by atoms with Crippen molar-refractivity contribution in [1.29, 1.82) is 0 Å². The lowest BCUT2D eigenvalue weighted by Gasteiger charge is -2.34. The Morgan fingerprint density at radius 3 is 2.60 bits per heavy atom. The average molecular weight is 338 g/mol. The van der Waals surface area contributed by atoms with Gasteiger partial charge in [0.2, 0.25) is 0 Å². The van der Waals surface area contributed by atoms with Gasteiger partial charge < -0.3 is 9.74 Å². The van der Waals surface area contributed by atoms with Crippen LogP contribution in [0.15, 0.2) is 53.9 Å². The van der Waals surface area contributed by atoms with Crippen LogP contribution in [-0.2, 0) is 11.4 Å². The lowest BCUT2D eigenvalue weighted by Crippen LogP contribution is -2.48. The molecule has 3 rings (SSSR count). The third kappa shape index (κ3) is 4.64. The van der Waals surface area contributed by atoms with E-state index in [1.807, 2.05) is 41.4 Å². The van der Waals surface area contributed by atoms with Crippen molar-refractivity contribution in [2.24, 2.45) is 5.16 Å². The SMILES string of the molecule is CO/N=C/c1ccc(C(=O)N2CCN(Cc3cccnc3)CC2)cc1. The van der Waals surface area contributed by atoms with Crippen LogP contribution in [-0.4, -0.2) is 60.2 Å².